The van der Waals surface area contributed by atoms with Gasteiger partial charge in [0.2, 0.25) is 0 Å². The first-order valence-corrected chi connectivity index (χ1v) is 6.25. The van der Waals surface area contributed by atoms with E-state index in [0.717, 1.165) is 5.56 Å². The second kappa shape index (κ2) is 5.40. The molecule has 1 aromatic carbocycles. The van der Waals surface area contributed by atoms with Crippen LogP contribution < -0.4 is 0 Å². The van der Waals surface area contributed by atoms with Crippen LogP contribution >= 0.6 is 15.9 Å². The molecular formula is C14H11BrFNO. The van der Waals surface area contributed by atoms with Gasteiger partial charge in [0.05, 0.1) is 0 Å². The second-order valence-corrected chi connectivity index (χ2v) is 4.94. The Bertz CT molecular complexity index is 598. The molecule has 0 saturated carbocycles. The summed E-state index contributed by atoms with van der Waals surface area (Å²) in [6, 6.07) is 6.47. The van der Waals surface area contributed by atoms with Gasteiger partial charge < -0.3 is 0 Å². The number of pyridine rings is 1. The Hall–Kier alpha value is -1.55. The van der Waals surface area contributed by atoms with Crippen LogP contribution in [-0.2, 0) is 6.42 Å². The predicted molar refractivity (Wildman–Crippen MR) is 71.1 cm³/mol. The average molecular weight is 308 g/mol. The highest BCUT2D eigenvalue weighted by Crippen LogP contribution is 2.17. The molecule has 0 bridgehead atoms. The van der Waals surface area contributed by atoms with Crippen molar-refractivity contribution in [2.24, 2.45) is 0 Å². The van der Waals surface area contributed by atoms with Crippen LogP contribution in [0.2, 0.25) is 0 Å². The van der Waals surface area contributed by atoms with Crippen molar-refractivity contribution in [3.8, 4) is 0 Å². The maximum absolute atomic E-state index is 13.6. The van der Waals surface area contributed by atoms with E-state index in [1.54, 1.807) is 24.4 Å². The topological polar surface area (TPSA) is 30.0 Å². The summed E-state index contributed by atoms with van der Waals surface area (Å²) in [5, 5.41) is 0. The molecule has 1 aromatic heterocycles. The van der Waals surface area contributed by atoms with Crippen LogP contribution in [0.25, 0.3) is 0 Å². The third kappa shape index (κ3) is 2.82. The van der Waals surface area contributed by atoms with Gasteiger partial charge in [0.15, 0.2) is 5.78 Å². The van der Waals surface area contributed by atoms with Crippen LogP contribution in [0.1, 0.15) is 21.5 Å². The second-order valence-electron chi connectivity index (χ2n) is 4.03. The number of ketones is 1. The minimum atomic E-state index is -0.376. The summed E-state index contributed by atoms with van der Waals surface area (Å²) in [6.45, 7) is 1.84. The van der Waals surface area contributed by atoms with Gasteiger partial charge in [-0.3, -0.25) is 9.78 Å². The summed E-state index contributed by atoms with van der Waals surface area (Å²) in [7, 11) is 0. The summed E-state index contributed by atoms with van der Waals surface area (Å²) in [4.78, 5) is 16.0. The number of Topliss-reactive ketones (excluding diaryl/α,β-unsaturated/α-hetero) is 1. The first-order chi connectivity index (χ1) is 8.58. The Kier molecular flexibility index (Phi) is 3.87. The fourth-order valence-corrected chi connectivity index (χ4v) is 2.02. The van der Waals surface area contributed by atoms with E-state index in [0.29, 0.717) is 15.6 Å². The van der Waals surface area contributed by atoms with Gasteiger partial charge in [-0.1, -0.05) is 22.0 Å². The molecule has 1 heterocycles. The first kappa shape index (κ1) is 12.9. The molecule has 0 radical (unpaired) electrons. The normalized spacial score (nSPS) is 10.4. The zero-order valence-corrected chi connectivity index (χ0v) is 11.4. The van der Waals surface area contributed by atoms with Gasteiger partial charge >= 0.3 is 0 Å². The molecule has 0 saturated heterocycles. The van der Waals surface area contributed by atoms with E-state index in [1.807, 2.05) is 6.92 Å². The Labute approximate surface area is 113 Å². The Balaban J connectivity index is 2.24. The molecule has 2 aromatic rings. The molecule has 0 aliphatic rings. The summed E-state index contributed by atoms with van der Waals surface area (Å²) >= 11 is 3.18. The lowest BCUT2D eigenvalue weighted by Crippen LogP contribution is -2.07. The summed E-state index contributed by atoms with van der Waals surface area (Å²) < 4.78 is 14.3. The molecule has 0 aliphatic carbocycles. The number of nitrogens with zero attached hydrogens (tertiary/aromatic N) is 1. The Morgan fingerprint density at radius 1 is 1.39 bits per heavy atom. The van der Waals surface area contributed by atoms with E-state index in [2.05, 4.69) is 20.9 Å². The molecular weight excluding hydrogens is 297 g/mol. The standard InChI is InChI=1S/C14H11BrFNO/c1-9-4-5-17-8-12(9)14(18)6-10-2-3-11(15)7-13(10)16/h2-5,7-8H,6H2,1H3. The van der Waals surface area contributed by atoms with E-state index >= 15 is 0 Å². The maximum atomic E-state index is 13.6. The molecule has 0 amide bonds. The number of aryl methyl sites for hydroxylation is 1. The minimum absolute atomic E-state index is 0.0473. The number of hydrogen-bond donors (Lipinski definition) is 0. The highest BCUT2D eigenvalue weighted by molar-refractivity contribution is 9.10. The molecule has 4 heteroatoms. The maximum Gasteiger partial charge on any atom is 0.169 e. The summed E-state index contributed by atoms with van der Waals surface area (Å²) in [5.41, 5.74) is 1.79. The van der Waals surface area contributed by atoms with Crippen molar-refractivity contribution in [2.45, 2.75) is 13.3 Å². The van der Waals surface area contributed by atoms with Gasteiger partial charge in [-0.15, -0.1) is 0 Å². The monoisotopic (exact) mass is 307 g/mol. The van der Waals surface area contributed by atoms with Gasteiger partial charge in [0, 0.05) is 28.9 Å². The Morgan fingerprint density at radius 3 is 2.83 bits per heavy atom. The number of benzene rings is 1. The molecule has 0 spiro atoms. The average Bonchev–Trinajstić information content (AvgIpc) is 2.33. The molecule has 2 rings (SSSR count). The van der Waals surface area contributed by atoms with E-state index in [-0.39, 0.29) is 18.0 Å². The number of halogens is 2. The van der Waals surface area contributed by atoms with Crippen LogP contribution in [0.4, 0.5) is 4.39 Å². The summed E-state index contributed by atoms with van der Waals surface area (Å²) in [6.07, 6.45) is 3.20. The molecule has 0 unspecified atom stereocenters. The van der Waals surface area contributed by atoms with Gasteiger partial charge in [0.1, 0.15) is 5.82 Å². The highest BCUT2D eigenvalue weighted by Gasteiger charge is 2.12. The van der Waals surface area contributed by atoms with Crippen molar-refractivity contribution < 1.29 is 9.18 Å². The number of carbonyl (C=O) groups is 1. The van der Waals surface area contributed by atoms with Crippen molar-refractivity contribution in [1.29, 1.82) is 0 Å². The largest absolute Gasteiger partial charge is 0.294 e. The number of rotatable bonds is 3. The molecule has 0 atom stereocenters. The van der Waals surface area contributed by atoms with E-state index < -0.39 is 0 Å². The SMILES string of the molecule is Cc1ccncc1C(=O)Cc1ccc(Br)cc1F. The van der Waals surface area contributed by atoms with Crippen molar-refractivity contribution in [2.75, 3.05) is 0 Å². The molecule has 2 nitrogen and oxygen atoms in total. The fourth-order valence-electron chi connectivity index (χ4n) is 1.69. The van der Waals surface area contributed by atoms with E-state index in [1.165, 1.54) is 12.3 Å². The molecule has 92 valence electrons. The van der Waals surface area contributed by atoms with Gasteiger partial charge in [0.25, 0.3) is 0 Å². The van der Waals surface area contributed by atoms with Crippen molar-refractivity contribution >= 4 is 21.7 Å². The summed E-state index contributed by atoms with van der Waals surface area (Å²) in [5.74, 6) is -0.499. The van der Waals surface area contributed by atoms with Gasteiger partial charge in [-0.25, -0.2) is 4.39 Å². The van der Waals surface area contributed by atoms with Crippen LogP contribution in [0.3, 0.4) is 0 Å². The number of aromatic nitrogens is 1. The smallest absolute Gasteiger partial charge is 0.169 e. The quantitative estimate of drug-likeness (QED) is 0.809. The van der Waals surface area contributed by atoms with Gasteiger partial charge in [-0.2, -0.15) is 0 Å². The molecule has 0 aliphatic heterocycles. The zero-order chi connectivity index (χ0) is 13.1. The van der Waals surface area contributed by atoms with Crippen LogP contribution in [-0.4, -0.2) is 10.8 Å². The van der Waals surface area contributed by atoms with Crippen LogP contribution in [0, 0.1) is 12.7 Å². The van der Waals surface area contributed by atoms with Crippen molar-refractivity contribution in [3.05, 3.63) is 63.6 Å². The van der Waals surface area contributed by atoms with Crippen LogP contribution in [0.15, 0.2) is 41.1 Å². The Morgan fingerprint density at radius 2 is 2.17 bits per heavy atom. The van der Waals surface area contributed by atoms with Crippen molar-refractivity contribution in [3.63, 3.8) is 0 Å². The number of carbonyl (C=O) groups excluding carboxylic acids is 1. The van der Waals surface area contributed by atoms with Gasteiger partial charge in [-0.05, 0) is 36.2 Å². The lowest BCUT2D eigenvalue weighted by atomic mass is 10.0. The third-order valence-corrected chi connectivity index (χ3v) is 3.20. The van der Waals surface area contributed by atoms with E-state index in [4.69, 9.17) is 0 Å². The predicted octanol–water partition coefficient (Wildman–Crippen LogP) is 3.72. The lowest BCUT2D eigenvalue weighted by molar-refractivity contribution is 0.0991. The fraction of sp³-hybridized carbons (Fsp3) is 0.143. The molecule has 18 heavy (non-hydrogen) atoms. The lowest BCUT2D eigenvalue weighted by Gasteiger charge is -2.05. The minimum Gasteiger partial charge on any atom is -0.294 e. The highest BCUT2D eigenvalue weighted by atomic mass is 79.9. The number of hydrogen-bond acceptors (Lipinski definition) is 2. The molecule has 0 fully saturated rings. The third-order valence-electron chi connectivity index (χ3n) is 2.71. The zero-order valence-electron chi connectivity index (χ0n) is 9.78. The van der Waals surface area contributed by atoms with E-state index in [9.17, 15) is 9.18 Å². The van der Waals surface area contributed by atoms with Crippen LogP contribution in [0.5, 0.6) is 0 Å². The van der Waals surface area contributed by atoms with Crippen molar-refractivity contribution in [1.82, 2.24) is 4.98 Å². The molecule has 0 N–H and O–H groups in total. The first-order valence-electron chi connectivity index (χ1n) is 5.45.